The summed E-state index contributed by atoms with van der Waals surface area (Å²) in [5, 5.41) is 0. The number of rotatable bonds is 7. The van der Waals surface area contributed by atoms with Crippen LogP contribution in [-0.2, 0) is 12.8 Å². The Hall–Kier alpha value is -1.02. The fourth-order valence-electron chi connectivity index (χ4n) is 3.38. The van der Waals surface area contributed by atoms with Gasteiger partial charge in [-0.3, -0.25) is 0 Å². The predicted octanol–water partition coefficient (Wildman–Crippen LogP) is 4.10. The van der Waals surface area contributed by atoms with Gasteiger partial charge in [-0.2, -0.15) is 0 Å². The van der Waals surface area contributed by atoms with E-state index in [4.69, 9.17) is 10.5 Å². The largest absolute Gasteiger partial charge is 0.496 e. The molecular formula is C18H29NO. The maximum atomic E-state index is 5.63. The van der Waals surface area contributed by atoms with Crippen molar-refractivity contribution < 1.29 is 4.74 Å². The van der Waals surface area contributed by atoms with Gasteiger partial charge in [0, 0.05) is 0 Å². The third-order valence-corrected chi connectivity index (χ3v) is 4.57. The van der Waals surface area contributed by atoms with Gasteiger partial charge in [-0.1, -0.05) is 50.7 Å². The minimum atomic E-state index is 0.678. The molecule has 1 aliphatic carbocycles. The number of hydrogen-bond acceptors (Lipinski definition) is 2. The van der Waals surface area contributed by atoms with E-state index in [1.165, 1.54) is 62.5 Å². The zero-order chi connectivity index (χ0) is 14.2. The van der Waals surface area contributed by atoms with Crippen LogP contribution in [-0.4, -0.2) is 13.7 Å². The highest BCUT2D eigenvalue weighted by atomic mass is 16.5. The van der Waals surface area contributed by atoms with E-state index in [0.717, 1.165) is 18.1 Å². The number of nitrogens with two attached hydrogens (primary N) is 1. The molecule has 0 atom stereocenters. The third-order valence-electron chi connectivity index (χ3n) is 4.57. The number of benzene rings is 1. The minimum absolute atomic E-state index is 0.678. The molecule has 2 heteroatoms. The lowest BCUT2D eigenvalue weighted by molar-refractivity contribution is 0.332. The molecule has 1 fully saturated rings. The number of methoxy groups -OCH3 is 1. The van der Waals surface area contributed by atoms with Crippen molar-refractivity contribution in [1.29, 1.82) is 0 Å². The van der Waals surface area contributed by atoms with Crippen LogP contribution in [0.4, 0.5) is 0 Å². The van der Waals surface area contributed by atoms with Crippen LogP contribution < -0.4 is 10.5 Å². The highest BCUT2D eigenvalue weighted by molar-refractivity contribution is 5.37. The maximum absolute atomic E-state index is 5.63. The van der Waals surface area contributed by atoms with Gasteiger partial charge in [-0.05, 0) is 48.9 Å². The smallest absolute Gasteiger partial charge is 0.122 e. The Morgan fingerprint density at radius 3 is 2.65 bits per heavy atom. The molecule has 0 bridgehead atoms. The highest BCUT2D eigenvalue weighted by Crippen LogP contribution is 2.28. The molecule has 0 spiro atoms. The average Bonchev–Trinajstić information content (AvgIpc) is 2.50. The summed E-state index contributed by atoms with van der Waals surface area (Å²) < 4.78 is 5.48. The van der Waals surface area contributed by atoms with Crippen molar-refractivity contribution in [2.24, 2.45) is 11.7 Å². The third kappa shape index (κ3) is 4.52. The van der Waals surface area contributed by atoms with Crippen molar-refractivity contribution in [2.75, 3.05) is 13.7 Å². The second-order valence-corrected chi connectivity index (χ2v) is 6.08. The number of aryl methyl sites for hydroxylation is 1. The van der Waals surface area contributed by atoms with E-state index in [2.05, 4.69) is 18.2 Å². The van der Waals surface area contributed by atoms with Crippen molar-refractivity contribution in [3.05, 3.63) is 29.3 Å². The Morgan fingerprint density at radius 2 is 1.95 bits per heavy atom. The van der Waals surface area contributed by atoms with Gasteiger partial charge < -0.3 is 10.5 Å². The molecule has 0 amide bonds. The maximum Gasteiger partial charge on any atom is 0.122 e. The molecule has 2 rings (SSSR count). The first-order chi connectivity index (χ1) is 9.83. The molecule has 1 aliphatic rings. The topological polar surface area (TPSA) is 35.2 Å². The Morgan fingerprint density at radius 1 is 1.15 bits per heavy atom. The SMILES string of the molecule is COc1cc(CCCC2CCCCC2)ccc1CCN. The molecule has 0 aromatic heterocycles. The van der Waals surface area contributed by atoms with E-state index in [1.54, 1.807) is 7.11 Å². The minimum Gasteiger partial charge on any atom is -0.496 e. The van der Waals surface area contributed by atoms with Crippen molar-refractivity contribution in [1.82, 2.24) is 0 Å². The summed E-state index contributed by atoms with van der Waals surface area (Å²) in [7, 11) is 1.75. The van der Waals surface area contributed by atoms with Gasteiger partial charge in [0.1, 0.15) is 5.75 Å². The zero-order valence-corrected chi connectivity index (χ0v) is 12.9. The molecule has 0 radical (unpaired) electrons. The van der Waals surface area contributed by atoms with Crippen LogP contribution in [0.2, 0.25) is 0 Å². The molecule has 0 aliphatic heterocycles. The van der Waals surface area contributed by atoms with E-state index in [1.807, 2.05) is 0 Å². The van der Waals surface area contributed by atoms with E-state index < -0.39 is 0 Å². The second-order valence-electron chi connectivity index (χ2n) is 6.08. The van der Waals surface area contributed by atoms with E-state index >= 15 is 0 Å². The van der Waals surface area contributed by atoms with Gasteiger partial charge in [-0.15, -0.1) is 0 Å². The van der Waals surface area contributed by atoms with E-state index in [0.29, 0.717) is 6.54 Å². The van der Waals surface area contributed by atoms with Crippen LogP contribution in [0.25, 0.3) is 0 Å². The number of hydrogen-bond donors (Lipinski definition) is 1. The molecule has 20 heavy (non-hydrogen) atoms. The van der Waals surface area contributed by atoms with Gasteiger partial charge in [0.2, 0.25) is 0 Å². The van der Waals surface area contributed by atoms with Gasteiger partial charge in [0.15, 0.2) is 0 Å². The molecule has 1 aromatic rings. The second kappa shape index (κ2) is 8.31. The highest BCUT2D eigenvalue weighted by Gasteiger charge is 2.13. The van der Waals surface area contributed by atoms with Gasteiger partial charge in [0.05, 0.1) is 7.11 Å². The van der Waals surface area contributed by atoms with Crippen LogP contribution in [0, 0.1) is 5.92 Å². The standard InChI is InChI=1S/C18H29NO/c1-20-18-14-16(10-11-17(18)12-13-19)9-5-8-15-6-3-2-4-7-15/h10-11,14-15H,2-9,12-13,19H2,1H3. The van der Waals surface area contributed by atoms with E-state index in [-0.39, 0.29) is 0 Å². The first-order valence-electron chi connectivity index (χ1n) is 8.19. The summed E-state index contributed by atoms with van der Waals surface area (Å²) in [6.45, 7) is 0.678. The van der Waals surface area contributed by atoms with Crippen LogP contribution in [0.5, 0.6) is 5.75 Å². The van der Waals surface area contributed by atoms with Gasteiger partial charge in [0.25, 0.3) is 0 Å². The first-order valence-corrected chi connectivity index (χ1v) is 8.19. The summed E-state index contributed by atoms with van der Waals surface area (Å²) >= 11 is 0. The normalized spacial score (nSPS) is 16.3. The lowest BCUT2D eigenvalue weighted by Gasteiger charge is -2.21. The predicted molar refractivity (Wildman–Crippen MR) is 85.3 cm³/mol. The van der Waals surface area contributed by atoms with Gasteiger partial charge in [-0.25, -0.2) is 0 Å². The summed E-state index contributed by atoms with van der Waals surface area (Å²) in [4.78, 5) is 0. The lowest BCUT2D eigenvalue weighted by Crippen LogP contribution is -2.06. The van der Waals surface area contributed by atoms with Crippen LogP contribution >= 0.6 is 0 Å². The van der Waals surface area contributed by atoms with Crippen LogP contribution in [0.3, 0.4) is 0 Å². The molecule has 2 nitrogen and oxygen atoms in total. The first kappa shape index (κ1) is 15.4. The Bertz CT molecular complexity index is 396. The van der Waals surface area contributed by atoms with Gasteiger partial charge >= 0.3 is 0 Å². The van der Waals surface area contributed by atoms with Crippen molar-refractivity contribution in [3.8, 4) is 5.75 Å². The molecule has 0 saturated heterocycles. The lowest BCUT2D eigenvalue weighted by atomic mass is 9.85. The summed E-state index contributed by atoms with van der Waals surface area (Å²) in [6, 6.07) is 6.63. The van der Waals surface area contributed by atoms with Crippen molar-refractivity contribution >= 4 is 0 Å². The summed E-state index contributed by atoms with van der Waals surface area (Å²) in [5.74, 6) is 1.99. The van der Waals surface area contributed by atoms with Crippen LogP contribution in [0.15, 0.2) is 18.2 Å². The quantitative estimate of drug-likeness (QED) is 0.813. The monoisotopic (exact) mass is 275 g/mol. The average molecular weight is 275 g/mol. The Balaban J connectivity index is 1.82. The molecule has 0 heterocycles. The van der Waals surface area contributed by atoms with E-state index in [9.17, 15) is 0 Å². The number of ether oxygens (including phenoxy) is 1. The molecule has 112 valence electrons. The fraction of sp³-hybridized carbons (Fsp3) is 0.667. The molecule has 1 saturated carbocycles. The fourth-order valence-corrected chi connectivity index (χ4v) is 3.38. The van der Waals surface area contributed by atoms with Crippen LogP contribution in [0.1, 0.15) is 56.1 Å². The Kier molecular flexibility index (Phi) is 6.38. The summed E-state index contributed by atoms with van der Waals surface area (Å²) in [6.07, 6.45) is 12.0. The van der Waals surface area contributed by atoms with Crippen molar-refractivity contribution in [2.45, 2.75) is 57.8 Å². The molecule has 1 aromatic carbocycles. The molecule has 2 N–H and O–H groups in total. The molecular weight excluding hydrogens is 246 g/mol. The molecule has 0 unspecified atom stereocenters. The Labute approximate surface area is 123 Å². The summed E-state index contributed by atoms with van der Waals surface area (Å²) in [5.41, 5.74) is 8.26. The van der Waals surface area contributed by atoms with Crippen molar-refractivity contribution in [3.63, 3.8) is 0 Å². The zero-order valence-electron chi connectivity index (χ0n) is 12.9.